The quantitative estimate of drug-likeness (QED) is 0.547. The smallest absolute Gasteiger partial charge is 0.337 e. The van der Waals surface area contributed by atoms with Crippen molar-refractivity contribution in [1.29, 1.82) is 0 Å². The highest BCUT2D eigenvalue weighted by molar-refractivity contribution is 7.92. The fraction of sp³-hybridized carbons (Fsp3) is 0.435. The van der Waals surface area contributed by atoms with Gasteiger partial charge in [-0.1, -0.05) is 12.5 Å². The fourth-order valence-electron chi connectivity index (χ4n) is 4.29. The van der Waals surface area contributed by atoms with Gasteiger partial charge in [0.25, 0.3) is 10.0 Å². The summed E-state index contributed by atoms with van der Waals surface area (Å²) in [4.78, 5) is 11.4. The molecular formula is C23H27FN2O6S2. The SMILES string of the molecule is COC(=O)c1ccc(C2CC2)c(S(=O)(=O)Nc2cc(S(C)(=O)=O)c(F)cc2C2CCCCN2)c1. The van der Waals surface area contributed by atoms with Crippen molar-refractivity contribution < 1.29 is 30.8 Å². The first-order chi connectivity index (χ1) is 16.0. The molecule has 1 heterocycles. The molecular weight excluding hydrogens is 483 g/mol. The molecule has 0 spiro atoms. The average molecular weight is 511 g/mol. The number of piperidine rings is 1. The number of ether oxygens (including phenoxy) is 1. The van der Waals surface area contributed by atoms with Gasteiger partial charge in [0.05, 0.1) is 23.3 Å². The molecule has 34 heavy (non-hydrogen) atoms. The van der Waals surface area contributed by atoms with Gasteiger partial charge in [-0.2, -0.15) is 0 Å². The van der Waals surface area contributed by atoms with Gasteiger partial charge in [0.1, 0.15) is 10.7 Å². The van der Waals surface area contributed by atoms with E-state index >= 15 is 0 Å². The summed E-state index contributed by atoms with van der Waals surface area (Å²) >= 11 is 0. The average Bonchev–Trinajstić information content (AvgIpc) is 3.64. The zero-order valence-corrected chi connectivity index (χ0v) is 20.6. The maximum atomic E-state index is 14.8. The van der Waals surface area contributed by atoms with E-state index in [1.807, 2.05) is 0 Å². The number of sulfone groups is 1. The minimum atomic E-state index is -4.25. The number of nitrogens with one attached hydrogen (secondary N) is 2. The maximum absolute atomic E-state index is 14.8. The molecule has 184 valence electrons. The number of rotatable bonds is 7. The Balaban J connectivity index is 1.83. The minimum absolute atomic E-state index is 0.00792. The van der Waals surface area contributed by atoms with Gasteiger partial charge in [0, 0.05) is 12.3 Å². The van der Waals surface area contributed by atoms with Gasteiger partial charge in [-0.15, -0.1) is 0 Å². The van der Waals surface area contributed by atoms with Crippen LogP contribution in [0, 0.1) is 5.82 Å². The first-order valence-corrected chi connectivity index (χ1v) is 14.4. The Hall–Kier alpha value is -2.50. The van der Waals surface area contributed by atoms with Gasteiger partial charge in [-0.3, -0.25) is 4.72 Å². The lowest BCUT2D eigenvalue weighted by atomic mass is 9.96. The second-order valence-electron chi connectivity index (χ2n) is 8.77. The molecule has 2 aliphatic rings. The lowest BCUT2D eigenvalue weighted by Crippen LogP contribution is -2.28. The summed E-state index contributed by atoms with van der Waals surface area (Å²) in [6, 6.07) is 6.18. The number of methoxy groups -OCH3 is 1. The number of anilines is 1. The molecule has 2 fully saturated rings. The number of hydrogen-bond donors (Lipinski definition) is 2. The Bertz CT molecular complexity index is 1330. The van der Waals surface area contributed by atoms with E-state index in [1.165, 1.54) is 19.2 Å². The second kappa shape index (κ2) is 9.27. The van der Waals surface area contributed by atoms with Crippen LogP contribution in [-0.2, 0) is 24.6 Å². The molecule has 0 amide bonds. The van der Waals surface area contributed by atoms with E-state index in [4.69, 9.17) is 4.74 Å². The highest BCUT2D eigenvalue weighted by Crippen LogP contribution is 2.44. The molecule has 4 rings (SSSR count). The largest absolute Gasteiger partial charge is 0.465 e. The predicted octanol–water partition coefficient (Wildman–Crippen LogP) is 3.51. The Morgan fingerprint density at radius 2 is 1.76 bits per heavy atom. The number of benzene rings is 2. The summed E-state index contributed by atoms with van der Waals surface area (Å²) in [6.45, 7) is 0.680. The third-order valence-electron chi connectivity index (χ3n) is 6.17. The highest BCUT2D eigenvalue weighted by Gasteiger charge is 2.33. The molecule has 1 unspecified atom stereocenters. The van der Waals surface area contributed by atoms with Crippen molar-refractivity contribution in [2.24, 2.45) is 0 Å². The molecule has 2 aromatic carbocycles. The van der Waals surface area contributed by atoms with E-state index in [-0.39, 0.29) is 28.1 Å². The van der Waals surface area contributed by atoms with Crippen LogP contribution in [0.25, 0.3) is 0 Å². The zero-order chi connectivity index (χ0) is 24.7. The maximum Gasteiger partial charge on any atom is 0.337 e. The fourth-order valence-corrected chi connectivity index (χ4v) is 6.44. The molecule has 2 N–H and O–H groups in total. The molecule has 1 atom stereocenters. The van der Waals surface area contributed by atoms with Crippen molar-refractivity contribution in [3.05, 3.63) is 52.8 Å². The van der Waals surface area contributed by atoms with Crippen LogP contribution in [0.15, 0.2) is 40.1 Å². The van der Waals surface area contributed by atoms with E-state index in [0.717, 1.165) is 44.1 Å². The summed E-state index contributed by atoms with van der Waals surface area (Å²) < 4.78 is 73.4. The number of hydrogen-bond acceptors (Lipinski definition) is 7. The molecule has 8 nitrogen and oxygen atoms in total. The van der Waals surface area contributed by atoms with Crippen LogP contribution >= 0.6 is 0 Å². The Labute approximate surface area is 198 Å². The van der Waals surface area contributed by atoms with E-state index in [9.17, 15) is 26.0 Å². The van der Waals surface area contributed by atoms with E-state index in [2.05, 4.69) is 10.0 Å². The Morgan fingerprint density at radius 1 is 1.03 bits per heavy atom. The van der Waals surface area contributed by atoms with Crippen molar-refractivity contribution in [3.63, 3.8) is 0 Å². The van der Waals surface area contributed by atoms with Crippen molar-refractivity contribution in [1.82, 2.24) is 5.32 Å². The topological polar surface area (TPSA) is 119 Å². The minimum Gasteiger partial charge on any atom is -0.465 e. The van der Waals surface area contributed by atoms with Crippen LogP contribution in [0.4, 0.5) is 10.1 Å². The van der Waals surface area contributed by atoms with Gasteiger partial charge in [0.15, 0.2) is 9.84 Å². The van der Waals surface area contributed by atoms with Gasteiger partial charge in [-0.05, 0) is 73.5 Å². The van der Waals surface area contributed by atoms with E-state index < -0.39 is 36.5 Å². The van der Waals surface area contributed by atoms with Gasteiger partial charge >= 0.3 is 5.97 Å². The molecule has 1 aliphatic carbocycles. The van der Waals surface area contributed by atoms with Crippen LogP contribution in [-0.4, -0.2) is 42.7 Å². The molecule has 1 saturated carbocycles. The Morgan fingerprint density at radius 3 is 2.35 bits per heavy atom. The first-order valence-electron chi connectivity index (χ1n) is 11.0. The highest BCUT2D eigenvalue weighted by atomic mass is 32.2. The zero-order valence-electron chi connectivity index (χ0n) is 18.9. The van der Waals surface area contributed by atoms with Crippen LogP contribution in [0.1, 0.15) is 65.5 Å². The molecule has 11 heteroatoms. The Kier molecular flexibility index (Phi) is 6.71. The van der Waals surface area contributed by atoms with E-state index in [0.29, 0.717) is 24.1 Å². The normalized spacial score (nSPS) is 19.0. The summed E-state index contributed by atoms with van der Waals surface area (Å²) in [5.41, 5.74) is 0.983. The molecule has 0 radical (unpaired) electrons. The lowest BCUT2D eigenvalue weighted by molar-refractivity contribution is 0.0600. The molecule has 0 bridgehead atoms. The number of halogens is 1. The third-order valence-corrected chi connectivity index (χ3v) is 8.71. The number of carbonyl (C=O) groups excluding carboxylic acids is 1. The van der Waals surface area contributed by atoms with Crippen molar-refractivity contribution in [2.75, 3.05) is 24.6 Å². The van der Waals surface area contributed by atoms with Crippen molar-refractivity contribution in [2.45, 2.75) is 53.9 Å². The number of sulfonamides is 1. The van der Waals surface area contributed by atoms with Crippen LogP contribution in [0.3, 0.4) is 0 Å². The monoisotopic (exact) mass is 510 g/mol. The lowest BCUT2D eigenvalue weighted by Gasteiger charge is -2.27. The number of esters is 1. The molecule has 0 aromatic heterocycles. The van der Waals surface area contributed by atoms with Crippen molar-refractivity contribution in [3.8, 4) is 0 Å². The van der Waals surface area contributed by atoms with Gasteiger partial charge in [0.2, 0.25) is 0 Å². The molecule has 2 aromatic rings. The van der Waals surface area contributed by atoms with Gasteiger partial charge < -0.3 is 10.1 Å². The van der Waals surface area contributed by atoms with Crippen molar-refractivity contribution >= 4 is 31.5 Å². The van der Waals surface area contributed by atoms with Crippen LogP contribution in [0.5, 0.6) is 0 Å². The standard InChI is InChI=1S/C23H27FN2O6S2/c1-32-23(27)15-8-9-16(14-6-7-14)21(11-15)34(30,31)26-20-13-22(33(2,28)29)18(24)12-17(20)19-5-3-4-10-25-19/h8-9,11-14,19,25-26H,3-7,10H2,1-2H3. The molecule has 1 saturated heterocycles. The molecule has 1 aliphatic heterocycles. The van der Waals surface area contributed by atoms with E-state index in [1.54, 1.807) is 6.07 Å². The second-order valence-corrected chi connectivity index (χ2v) is 12.4. The van der Waals surface area contributed by atoms with Crippen LogP contribution in [0.2, 0.25) is 0 Å². The summed E-state index contributed by atoms with van der Waals surface area (Å²) in [5.74, 6) is -1.55. The number of carbonyl (C=O) groups is 1. The predicted molar refractivity (Wildman–Crippen MR) is 125 cm³/mol. The van der Waals surface area contributed by atoms with Crippen LogP contribution < -0.4 is 10.0 Å². The van der Waals surface area contributed by atoms with Gasteiger partial charge in [-0.25, -0.2) is 26.0 Å². The summed E-state index contributed by atoms with van der Waals surface area (Å²) in [6.07, 6.45) is 4.97. The summed E-state index contributed by atoms with van der Waals surface area (Å²) in [5, 5.41) is 3.25. The first kappa shape index (κ1) is 24.6. The third kappa shape index (κ3) is 5.11. The summed E-state index contributed by atoms with van der Waals surface area (Å²) in [7, 11) is -6.99.